The Morgan fingerprint density at radius 1 is 1.50 bits per heavy atom. The zero-order valence-electron chi connectivity index (χ0n) is 8.25. The van der Waals surface area contributed by atoms with E-state index in [4.69, 9.17) is 5.73 Å². The number of aromatic hydroxyl groups is 1. The maximum absolute atomic E-state index is 13.0. The van der Waals surface area contributed by atoms with E-state index < -0.39 is 5.82 Å². The van der Waals surface area contributed by atoms with Crippen molar-refractivity contribution in [3.63, 3.8) is 0 Å². The number of hydrogen-bond donors (Lipinski definition) is 2. The Labute approximate surface area is 89.3 Å². The molecule has 80 valence electrons. The standard InChI is InChI=1S/C10H14FNO.ClH/c1-3-8(12)9-6(2)4-5-7(11)10(9)13;/h4-5,8,13H,3,12H2,1-2H3;1H/t8-;/m0./s1. The fourth-order valence-electron chi connectivity index (χ4n) is 1.35. The molecule has 0 saturated heterocycles. The van der Waals surface area contributed by atoms with Gasteiger partial charge in [0, 0.05) is 11.6 Å². The van der Waals surface area contributed by atoms with Crippen LogP contribution in [0.25, 0.3) is 0 Å². The van der Waals surface area contributed by atoms with Crippen molar-refractivity contribution in [3.8, 4) is 5.75 Å². The first-order valence-corrected chi connectivity index (χ1v) is 4.31. The molecule has 0 amide bonds. The summed E-state index contributed by atoms with van der Waals surface area (Å²) in [6.07, 6.45) is 0.678. The van der Waals surface area contributed by atoms with Crippen LogP contribution >= 0.6 is 12.4 Å². The van der Waals surface area contributed by atoms with Gasteiger partial charge in [0.1, 0.15) is 0 Å². The van der Waals surface area contributed by atoms with Gasteiger partial charge in [0.25, 0.3) is 0 Å². The Morgan fingerprint density at radius 3 is 2.57 bits per heavy atom. The first kappa shape index (κ1) is 13.2. The van der Waals surface area contributed by atoms with E-state index in [2.05, 4.69) is 0 Å². The Bertz CT molecular complexity index is 317. The van der Waals surface area contributed by atoms with Crippen LogP contribution in [0, 0.1) is 12.7 Å². The Kier molecular flexibility index (Phi) is 4.88. The van der Waals surface area contributed by atoms with E-state index in [1.807, 2.05) is 13.8 Å². The average molecular weight is 220 g/mol. The lowest BCUT2D eigenvalue weighted by Crippen LogP contribution is -2.11. The van der Waals surface area contributed by atoms with Gasteiger partial charge in [0.15, 0.2) is 11.6 Å². The van der Waals surface area contributed by atoms with Gasteiger partial charge in [-0.2, -0.15) is 0 Å². The lowest BCUT2D eigenvalue weighted by atomic mass is 9.99. The number of rotatable bonds is 2. The molecule has 0 radical (unpaired) electrons. The number of aryl methyl sites for hydroxylation is 1. The van der Waals surface area contributed by atoms with Gasteiger partial charge in [0.2, 0.25) is 0 Å². The average Bonchev–Trinajstić information content (AvgIpc) is 2.12. The molecule has 0 aliphatic heterocycles. The van der Waals surface area contributed by atoms with E-state index in [1.165, 1.54) is 6.07 Å². The lowest BCUT2D eigenvalue weighted by Gasteiger charge is -2.14. The van der Waals surface area contributed by atoms with Crippen LogP contribution in [0.5, 0.6) is 5.75 Å². The molecular weight excluding hydrogens is 205 g/mol. The predicted octanol–water partition coefficient (Wildman–Crippen LogP) is 2.67. The summed E-state index contributed by atoms with van der Waals surface area (Å²) in [5.41, 5.74) is 7.08. The first-order valence-electron chi connectivity index (χ1n) is 4.31. The zero-order valence-corrected chi connectivity index (χ0v) is 9.07. The first-order chi connectivity index (χ1) is 6.07. The summed E-state index contributed by atoms with van der Waals surface area (Å²) in [6.45, 7) is 3.71. The number of phenolic OH excluding ortho intramolecular Hbond substituents is 1. The van der Waals surface area contributed by atoms with Crippen LogP contribution in [0.1, 0.15) is 30.5 Å². The van der Waals surface area contributed by atoms with Crippen LogP contribution in [0.15, 0.2) is 12.1 Å². The summed E-state index contributed by atoms with van der Waals surface area (Å²) in [5, 5.41) is 9.42. The van der Waals surface area contributed by atoms with Gasteiger partial charge in [-0.05, 0) is 25.0 Å². The van der Waals surface area contributed by atoms with E-state index in [0.29, 0.717) is 12.0 Å². The molecule has 1 rings (SSSR count). The second kappa shape index (κ2) is 5.17. The molecular formula is C10H15ClFNO. The number of hydrogen-bond acceptors (Lipinski definition) is 2. The Hall–Kier alpha value is -0.800. The van der Waals surface area contributed by atoms with Gasteiger partial charge in [-0.15, -0.1) is 12.4 Å². The van der Waals surface area contributed by atoms with Crippen LogP contribution in [0.4, 0.5) is 4.39 Å². The second-order valence-corrected chi connectivity index (χ2v) is 3.14. The normalized spacial score (nSPS) is 12.0. The lowest BCUT2D eigenvalue weighted by molar-refractivity contribution is 0.419. The number of phenols is 1. The van der Waals surface area contributed by atoms with Gasteiger partial charge in [-0.25, -0.2) is 4.39 Å². The highest BCUT2D eigenvalue weighted by atomic mass is 35.5. The molecule has 0 bridgehead atoms. The third kappa shape index (κ3) is 2.36. The van der Waals surface area contributed by atoms with Gasteiger partial charge >= 0.3 is 0 Å². The van der Waals surface area contributed by atoms with E-state index in [9.17, 15) is 9.50 Å². The van der Waals surface area contributed by atoms with Crippen molar-refractivity contribution in [2.24, 2.45) is 5.73 Å². The van der Waals surface area contributed by atoms with E-state index in [1.54, 1.807) is 6.07 Å². The molecule has 0 aliphatic carbocycles. The summed E-state index contributed by atoms with van der Waals surface area (Å²) < 4.78 is 13.0. The van der Waals surface area contributed by atoms with Crippen LogP contribution in [0.2, 0.25) is 0 Å². The maximum atomic E-state index is 13.0. The molecule has 0 aliphatic rings. The summed E-state index contributed by atoms with van der Waals surface area (Å²) in [5.74, 6) is -0.918. The highest BCUT2D eigenvalue weighted by molar-refractivity contribution is 5.85. The predicted molar refractivity (Wildman–Crippen MR) is 57.3 cm³/mol. The summed E-state index contributed by atoms with van der Waals surface area (Å²) in [4.78, 5) is 0. The number of halogens is 2. The maximum Gasteiger partial charge on any atom is 0.165 e. The molecule has 0 fully saturated rings. The molecule has 0 unspecified atom stereocenters. The van der Waals surface area contributed by atoms with Gasteiger partial charge in [-0.1, -0.05) is 13.0 Å². The van der Waals surface area contributed by atoms with E-state index in [0.717, 1.165) is 5.56 Å². The van der Waals surface area contributed by atoms with E-state index in [-0.39, 0.29) is 24.2 Å². The molecule has 1 aromatic rings. The highest BCUT2D eigenvalue weighted by Gasteiger charge is 2.15. The Morgan fingerprint density at radius 2 is 2.07 bits per heavy atom. The van der Waals surface area contributed by atoms with Crippen LogP contribution in [0.3, 0.4) is 0 Å². The van der Waals surface area contributed by atoms with Crippen molar-refractivity contribution >= 4 is 12.4 Å². The van der Waals surface area contributed by atoms with Gasteiger partial charge in [-0.3, -0.25) is 0 Å². The third-order valence-electron chi connectivity index (χ3n) is 2.20. The molecule has 0 aromatic heterocycles. The summed E-state index contributed by atoms with van der Waals surface area (Å²) in [7, 11) is 0. The molecule has 14 heavy (non-hydrogen) atoms. The highest BCUT2D eigenvalue weighted by Crippen LogP contribution is 2.30. The monoisotopic (exact) mass is 219 g/mol. The van der Waals surface area contributed by atoms with Crippen LogP contribution in [-0.4, -0.2) is 5.11 Å². The quantitative estimate of drug-likeness (QED) is 0.804. The largest absolute Gasteiger partial charge is 0.505 e. The van der Waals surface area contributed by atoms with Crippen molar-refractivity contribution < 1.29 is 9.50 Å². The molecule has 3 N–H and O–H groups in total. The minimum atomic E-state index is -0.607. The number of nitrogens with two attached hydrogens (primary N) is 1. The molecule has 0 spiro atoms. The summed E-state index contributed by atoms with van der Waals surface area (Å²) in [6, 6.07) is 2.58. The number of benzene rings is 1. The Balaban J connectivity index is 0.00000169. The third-order valence-corrected chi connectivity index (χ3v) is 2.20. The fraction of sp³-hybridized carbons (Fsp3) is 0.400. The second-order valence-electron chi connectivity index (χ2n) is 3.14. The molecule has 0 saturated carbocycles. The minimum Gasteiger partial charge on any atom is -0.505 e. The molecule has 0 heterocycles. The molecule has 1 aromatic carbocycles. The van der Waals surface area contributed by atoms with Crippen LogP contribution < -0.4 is 5.73 Å². The minimum absolute atomic E-state index is 0. The fourth-order valence-corrected chi connectivity index (χ4v) is 1.35. The molecule has 2 nitrogen and oxygen atoms in total. The zero-order chi connectivity index (χ0) is 10.0. The van der Waals surface area contributed by atoms with Crippen molar-refractivity contribution in [1.82, 2.24) is 0 Å². The SMILES string of the molecule is CC[C@H](N)c1c(C)ccc(F)c1O.Cl. The smallest absolute Gasteiger partial charge is 0.165 e. The summed E-state index contributed by atoms with van der Waals surface area (Å²) >= 11 is 0. The topological polar surface area (TPSA) is 46.2 Å². The van der Waals surface area contributed by atoms with Crippen molar-refractivity contribution in [2.75, 3.05) is 0 Å². The van der Waals surface area contributed by atoms with Crippen LogP contribution in [-0.2, 0) is 0 Å². The van der Waals surface area contributed by atoms with Crippen molar-refractivity contribution in [2.45, 2.75) is 26.3 Å². The van der Waals surface area contributed by atoms with Gasteiger partial charge < -0.3 is 10.8 Å². The van der Waals surface area contributed by atoms with E-state index >= 15 is 0 Å². The van der Waals surface area contributed by atoms with Crippen molar-refractivity contribution in [3.05, 3.63) is 29.1 Å². The molecule has 4 heteroatoms. The van der Waals surface area contributed by atoms with Crippen molar-refractivity contribution in [1.29, 1.82) is 0 Å². The van der Waals surface area contributed by atoms with Gasteiger partial charge in [0.05, 0.1) is 0 Å². The molecule has 1 atom stereocenters.